The number of aromatic nitrogens is 2. The maximum Gasteiger partial charge on any atom is 0.258 e. The van der Waals surface area contributed by atoms with E-state index in [1.54, 1.807) is 24.3 Å². The maximum atomic E-state index is 12.3. The second-order valence-corrected chi connectivity index (χ2v) is 5.85. The van der Waals surface area contributed by atoms with E-state index in [0.29, 0.717) is 22.8 Å². The zero-order chi connectivity index (χ0) is 18.5. The first-order chi connectivity index (χ1) is 12.6. The Morgan fingerprint density at radius 3 is 2.50 bits per heavy atom. The Balaban J connectivity index is 1.74. The Morgan fingerprint density at radius 2 is 1.77 bits per heavy atom. The van der Waals surface area contributed by atoms with Crippen LogP contribution < -0.4 is 10.6 Å². The van der Waals surface area contributed by atoms with E-state index in [1.807, 2.05) is 38.1 Å². The number of nitrogens with zero attached hydrogens (tertiary/aromatic N) is 3. The Morgan fingerprint density at radius 1 is 1.04 bits per heavy atom. The fourth-order valence-corrected chi connectivity index (χ4v) is 2.38. The van der Waals surface area contributed by atoms with Crippen molar-refractivity contribution < 1.29 is 4.79 Å². The van der Waals surface area contributed by atoms with Gasteiger partial charge in [0.15, 0.2) is 0 Å². The molecule has 2 aromatic carbocycles. The van der Waals surface area contributed by atoms with Crippen LogP contribution >= 0.6 is 0 Å². The minimum atomic E-state index is -0.369. The van der Waals surface area contributed by atoms with Crippen LogP contribution in [0.25, 0.3) is 0 Å². The van der Waals surface area contributed by atoms with Gasteiger partial charge in [0.05, 0.1) is 16.8 Å². The van der Waals surface area contributed by atoms with Crippen molar-refractivity contribution in [2.24, 2.45) is 0 Å². The molecule has 0 bridgehead atoms. The lowest BCUT2D eigenvalue weighted by Gasteiger charge is -2.10. The SMILES string of the molecule is Cc1ccc(C)c(Nc2ncc(C(=O)Nc3ccccc3C#N)cn2)c1. The van der Waals surface area contributed by atoms with E-state index in [0.717, 1.165) is 16.8 Å². The summed E-state index contributed by atoms with van der Waals surface area (Å²) < 4.78 is 0. The summed E-state index contributed by atoms with van der Waals surface area (Å²) in [7, 11) is 0. The van der Waals surface area contributed by atoms with Crippen molar-refractivity contribution in [3.63, 3.8) is 0 Å². The van der Waals surface area contributed by atoms with Crippen molar-refractivity contribution in [1.82, 2.24) is 9.97 Å². The number of rotatable bonds is 4. The number of aryl methyl sites for hydroxylation is 2. The first-order valence-electron chi connectivity index (χ1n) is 8.03. The first kappa shape index (κ1) is 17.1. The van der Waals surface area contributed by atoms with Gasteiger partial charge >= 0.3 is 0 Å². The number of carbonyl (C=O) groups is 1. The number of nitrogens with one attached hydrogen (secondary N) is 2. The van der Waals surface area contributed by atoms with Crippen molar-refractivity contribution in [3.8, 4) is 6.07 Å². The molecule has 0 aliphatic carbocycles. The van der Waals surface area contributed by atoms with E-state index >= 15 is 0 Å². The molecule has 0 spiro atoms. The molecule has 1 amide bonds. The number of anilines is 3. The molecule has 0 atom stereocenters. The smallest absolute Gasteiger partial charge is 0.258 e. The molecule has 1 heterocycles. The lowest BCUT2D eigenvalue weighted by atomic mass is 10.1. The molecule has 0 saturated heterocycles. The van der Waals surface area contributed by atoms with Gasteiger partial charge in [0.25, 0.3) is 5.91 Å². The second-order valence-electron chi connectivity index (χ2n) is 5.85. The van der Waals surface area contributed by atoms with E-state index in [-0.39, 0.29) is 5.91 Å². The minimum absolute atomic E-state index is 0.309. The molecule has 1 aromatic heterocycles. The molecule has 0 saturated carbocycles. The molecule has 26 heavy (non-hydrogen) atoms. The molecule has 0 aliphatic heterocycles. The van der Waals surface area contributed by atoms with Crippen LogP contribution in [-0.4, -0.2) is 15.9 Å². The van der Waals surface area contributed by atoms with Gasteiger partial charge in [-0.1, -0.05) is 24.3 Å². The van der Waals surface area contributed by atoms with Gasteiger partial charge in [-0.2, -0.15) is 5.26 Å². The predicted molar refractivity (Wildman–Crippen MR) is 100 cm³/mol. The highest BCUT2D eigenvalue weighted by atomic mass is 16.1. The summed E-state index contributed by atoms with van der Waals surface area (Å²) >= 11 is 0. The highest BCUT2D eigenvalue weighted by molar-refractivity contribution is 6.04. The highest BCUT2D eigenvalue weighted by Crippen LogP contribution is 2.20. The first-order valence-corrected chi connectivity index (χ1v) is 8.03. The number of benzene rings is 2. The Kier molecular flexibility index (Phi) is 4.90. The molecule has 128 valence electrons. The number of nitriles is 1. The van der Waals surface area contributed by atoms with Crippen molar-refractivity contribution in [3.05, 3.63) is 77.1 Å². The Hall–Kier alpha value is -3.72. The van der Waals surface area contributed by atoms with E-state index in [2.05, 4.69) is 20.6 Å². The fourth-order valence-electron chi connectivity index (χ4n) is 2.38. The normalized spacial score (nSPS) is 10.0. The Labute approximate surface area is 151 Å². The third-order valence-electron chi connectivity index (χ3n) is 3.85. The second kappa shape index (κ2) is 7.45. The van der Waals surface area contributed by atoms with Gasteiger partial charge in [-0.05, 0) is 43.2 Å². The number of hydrogen-bond acceptors (Lipinski definition) is 5. The molecule has 0 aliphatic rings. The van der Waals surface area contributed by atoms with Crippen LogP contribution in [0.4, 0.5) is 17.3 Å². The van der Waals surface area contributed by atoms with E-state index in [1.165, 1.54) is 12.4 Å². The molecule has 6 nitrogen and oxygen atoms in total. The molecular weight excluding hydrogens is 326 g/mol. The van der Waals surface area contributed by atoms with Gasteiger partial charge in [-0.3, -0.25) is 4.79 Å². The van der Waals surface area contributed by atoms with Crippen LogP contribution in [0.3, 0.4) is 0 Å². The number of carbonyl (C=O) groups excluding carboxylic acids is 1. The third kappa shape index (κ3) is 3.84. The number of para-hydroxylation sites is 1. The van der Waals surface area contributed by atoms with Gasteiger partial charge in [-0.25, -0.2) is 9.97 Å². The minimum Gasteiger partial charge on any atom is -0.324 e. The fraction of sp³-hybridized carbons (Fsp3) is 0.100. The summed E-state index contributed by atoms with van der Waals surface area (Å²) in [5.74, 6) is 0.0404. The van der Waals surface area contributed by atoms with Crippen molar-refractivity contribution >= 4 is 23.2 Å². The van der Waals surface area contributed by atoms with Crippen LogP contribution in [-0.2, 0) is 0 Å². The summed E-state index contributed by atoms with van der Waals surface area (Å²) in [4.78, 5) is 20.7. The zero-order valence-electron chi connectivity index (χ0n) is 14.4. The lowest BCUT2D eigenvalue weighted by molar-refractivity contribution is 0.102. The van der Waals surface area contributed by atoms with Gasteiger partial charge in [0.2, 0.25) is 5.95 Å². The molecule has 3 aromatic rings. The summed E-state index contributed by atoms with van der Waals surface area (Å²) in [5, 5.41) is 14.9. The topological polar surface area (TPSA) is 90.7 Å². The van der Waals surface area contributed by atoms with Crippen molar-refractivity contribution in [1.29, 1.82) is 5.26 Å². The van der Waals surface area contributed by atoms with Crippen LogP contribution in [0.1, 0.15) is 27.0 Å². The average Bonchev–Trinajstić information content (AvgIpc) is 2.65. The van der Waals surface area contributed by atoms with E-state index < -0.39 is 0 Å². The molecule has 2 N–H and O–H groups in total. The van der Waals surface area contributed by atoms with Crippen molar-refractivity contribution in [2.75, 3.05) is 10.6 Å². The monoisotopic (exact) mass is 343 g/mol. The molecule has 0 radical (unpaired) electrons. The third-order valence-corrected chi connectivity index (χ3v) is 3.85. The standard InChI is InChI=1S/C20H17N5O/c1-13-7-8-14(2)18(9-13)25-20-22-11-16(12-23-20)19(26)24-17-6-4-3-5-15(17)10-21/h3-9,11-12H,1-2H3,(H,24,26)(H,22,23,25). The number of hydrogen-bond donors (Lipinski definition) is 2. The molecule has 0 unspecified atom stereocenters. The summed E-state index contributed by atoms with van der Waals surface area (Å²) in [6.45, 7) is 4.01. The summed E-state index contributed by atoms with van der Waals surface area (Å²) in [5.41, 5.74) is 4.29. The molecule has 6 heteroatoms. The molecule has 3 rings (SSSR count). The largest absolute Gasteiger partial charge is 0.324 e. The van der Waals surface area contributed by atoms with Gasteiger partial charge in [0.1, 0.15) is 6.07 Å². The van der Waals surface area contributed by atoms with Crippen molar-refractivity contribution in [2.45, 2.75) is 13.8 Å². The lowest BCUT2D eigenvalue weighted by Crippen LogP contribution is -2.14. The van der Waals surface area contributed by atoms with Crippen LogP contribution in [0, 0.1) is 25.2 Å². The van der Waals surface area contributed by atoms with Gasteiger partial charge in [-0.15, -0.1) is 0 Å². The molecule has 0 fully saturated rings. The van der Waals surface area contributed by atoms with Gasteiger partial charge in [0, 0.05) is 18.1 Å². The maximum absolute atomic E-state index is 12.3. The number of amides is 1. The summed E-state index contributed by atoms with van der Waals surface area (Å²) in [6.07, 6.45) is 2.90. The van der Waals surface area contributed by atoms with Gasteiger partial charge < -0.3 is 10.6 Å². The highest BCUT2D eigenvalue weighted by Gasteiger charge is 2.10. The Bertz CT molecular complexity index is 990. The van der Waals surface area contributed by atoms with Crippen LogP contribution in [0.2, 0.25) is 0 Å². The predicted octanol–water partition coefficient (Wildman–Crippen LogP) is 3.96. The summed E-state index contributed by atoms with van der Waals surface area (Å²) in [6, 6.07) is 14.9. The quantitative estimate of drug-likeness (QED) is 0.748. The average molecular weight is 343 g/mol. The zero-order valence-corrected chi connectivity index (χ0v) is 14.4. The van der Waals surface area contributed by atoms with Crippen LogP contribution in [0.15, 0.2) is 54.9 Å². The van der Waals surface area contributed by atoms with Crippen LogP contribution in [0.5, 0.6) is 0 Å². The molecular formula is C20H17N5O. The van der Waals surface area contributed by atoms with E-state index in [4.69, 9.17) is 5.26 Å². The van der Waals surface area contributed by atoms with E-state index in [9.17, 15) is 4.79 Å².